The first-order valence-corrected chi connectivity index (χ1v) is 10.4. The number of amides is 1. The van der Waals surface area contributed by atoms with Gasteiger partial charge in [0.2, 0.25) is 0 Å². The monoisotopic (exact) mass is 383 g/mol. The van der Waals surface area contributed by atoms with Crippen LogP contribution in [0.2, 0.25) is 0 Å². The molecule has 0 saturated carbocycles. The van der Waals surface area contributed by atoms with Gasteiger partial charge in [0.15, 0.2) is 5.76 Å². The second kappa shape index (κ2) is 7.72. The van der Waals surface area contributed by atoms with Gasteiger partial charge in [-0.1, -0.05) is 0 Å². The second-order valence-electron chi connectivity index (χ2n) is 7.28. The molecule has 0 spiro atoms. The van der Waals surface area contributed by atoms with Gasteiger partial charge in [0, 0.05) is 37.9 Å². The number of nitrogens with zero attached hydrogens (tertiary/aromatic N) is 3. The third-order valence-electron chi connectivity index (χ3n) is 5.49. The van der Waals surface area contributed by atoms with E-state index >= 15 is 0 Å². The molecular formula is C21H25N3O2S. The quantitative estimate of drug-likeness (QED) is 0.655. The van der Waals surface area contributed by atoms with Gasteiger partial charge in [0.25, 0.3) is 5.91 Å². The van der Waals surface area contributed by atoms with Crippen molar-refractivity contribution in [3.05, 3.63) is 63.8 Å². The van der Waals surface area contributed by atoms with E-state index in [1.807, 2.05) is 31.0 Å². The lowest BCUT2D eigenvalue weighted by Crippen LogP contribution is -2.38. The van der Waals surface area contributed by atoms with Crippen LogP contribution >= 0.6 is 11.3 Å². The van der Waals surface area contributed by atoms with Crippen molar-refractivity contribution in [3.63, 3.8) is 0 Å². The van der Waals surface area contributed by atoms with Crippen LogP contribution in [0.1, 0.15) is 52.0 Å². The summed E-state index contributed by atoms with van der Waals surface area (Å²) in [5, 5.41) is 4.33. The first-order valence-electron chi connectivity index (χ1n) is 9.50. The standard InChI is InChI=1S/C21H25N3O2S/c1-15-13-19(26-16(15)2)21(25)24-9-4-18(5-10-24)20-22-7-11-23(20)8-3-17-6-12-27-14-17/h6-7,11-14,18H,3-5,8-10H2,1-2H3. The number of likely N-dealkylation sites (tertiary alicyclic amines) is 1. The van der Waals surface area contributed by atoms with E-state index in [4.69, 9.17) is 4.42 Å². The molecule has 1 aliphatic heterocycles. The maximum absolute atomic E-state index is 12.7. The molecule has 3 aromatic rings. The van der Waals surface area contributed by atoms with Crippen LogP contribution in [0.3, 0.4) is 0 Å². The minimum atomic E-state index is 0.00505. The Bertz CT molecular complexity index is 882. The maximum atomic E-state index is 12.7. The summed E-state index contributed by atoms with van der Waals surface area (Å²) in [6.07, 6.45) is 6.89. The summed E-state index contributed by atoms with van der Waals surface area (Å²) in [7, 11) is 0. The smallest absolute Gasteiger partial charge is 0.289 e. The number of hydrogen-bond donors (Lipinski definition) is 0. The fourth-order valence-electron chi connectivity index (χ4n) is 3.73. The SMILES string of the molecule is Cc1cc(C(=O)N2CCC(c3nccn3CCc3ccsc3)CC2)oc1C. The molecule has 0 radical (unpaired) electrons. The number of aryl methyl sites for hydroxylation is 4. The minimum absolute atomic E-state index is 0.00505. The summed E-state index contributed by atoms with van der Waals surface area (Å²) in [5.74, 6) is 2.85. The van der Waals surface area contributed by atoms with Crippen LogP contribution in [0.4, 0.5) is 0 Å². The average Bonchev–Trinajstić information content (AvgIpc) is 3.42. The Morgan fingerprint density at radius 3 is 2.81 bits per heavy atom. The van der Waals surface area contributed by atoms with Gasteiger partial charge in [0.05, 0.1) is 0 Å². The highest BCUT2D eigenvalue weighted by Crippen LogP contribution is 2.28. The highest BCUT2D eigenvalue weighted by molar-refractivity contribution is 7.07. The third kappa shape index (κ3) is 3.86. The largest absolute Gasteiger partial charge is 0.456 e. The van der Waals surface area contributed by atoms with E-state index in [1.54, 1.807) is 11.3 Å². The number of imidazole rings is 1. The van der Waals surface area contributed by atoms with Crippen molar-refractivity contribution in [1.29, 1.82) is 0 Å². The van der Waals surface area contributed by atoms with Crippen molar-refractivity contribution >= 4 is 17.2 Å². The predicted molar refractivity (Wildman–Crippen MR) is 106 cm³/mol. The number of rotatable bonds is 5. The van der Waals surface area contributed by atoms with Crippen molar-refractivity contribution in [2.24, 2.45) is 0 Å². The molecule has 0 aromatic carbocycles. The first kappa shape index (κ1) is 18.0. The van der Waals surface area contributed by atoms with E-state index in [0.717, 1.165) is 56.0 Å². The third-order valence-corrected chi connectivity index (χ3v) is 6.23. The van der Waals surface area contributed by atoms with Gasteiger partial charge in [-0.25, -0.2) is 4.98 Å². The molecule has 4 rings (SSSR count). The lowest BCUT2D eigenvalue weighted by atomic mass is 9.95. The lowest BCUT2D eigenvalue weighted by molar-refractivity contribution is 0.0676. The Hall–Kier alpha value is -2.34. The summed E-state index contributed by atoms with van der Waals surface area (Å²) in [6.45, 7) is 6.32. The average molecular weight is 384 g/mol. The highest BCUT2D eigenvalue weighted by Gasteiger charge is 2.28. The van der Waals surface area contributed by atoms with Crippen LogP contribution in [0.25, 0.3) is 0 Å². The van der Waals surface area contributed by atoms with Gasteiger partial charge >= 0.3 is 0 Å². The van der Waals surface area contributed by atoms with E-state index in [9.17, 15) is 4.79 Å². The first-order chi connectivity index (χ1) is 13.1. The molecule has 0 unspecified atom stereocenters. The molecule has 4 heterocycles. The highest BCUT2D eigenvalue weighted by atomic mass is 32.1. The Balaban J connectivity index is 1.37. The summed E-state index contributed by atoms with van der Waals surface area (Å²) in [5.41, 5.74) is 2.41. The molecule has 6 heteroatoms. The Labute approximate surface area is 163 Å². The molecule has 27 heavy (non-hydrogen) atoms. The van der Waals surface area contributed by atoms with Crippen molar-refractivity contribution in [3.8, 4) is 0 Å². The fourth-order valence-corrected chi connectivity index (χ4v) is 4.43. The number of furan rings is 1. The number of carbonyl (C=O) groups excluding carboxylic acids is 1. The summed E-state index contributed by atoms with van der Waals surface area (Å²) < 4.78 is 7.88. The predicted octanol–water partition coefficient (Wildman–Crippen LogP) is 4.42. The lowest BCUT2D eigenvalue weighted by Gasteiger charge is -2.31. The zero-order chi connectivity index (χ0) is 18.8. The molecule has 3 aromatic heterocycles. The van der Waals surface area contributed by atoms with Crippen molar-refractivity contribution in [2.45, 2.75) is 45.6 Å². The molecule has 1 aliphatic rings. The molecule has 142 valence electrons. The van der Waals surface area contributed by atoms with Crippen molar-refractivity contribution in [2.75, 3.05) is 13.1 Å². The Morgan fingerprint density at radius 1 is 1.33 bits per heavy atom. The van der Waals surface area contributed by atoms with E-state index in [2.05, 4.69) is 32.6 Å². The molecule has 5 nitrogen and oxygen atoms in total. The zero-order valence-corrected chi connectivity index (χ0v) is 16.7. The number of piperidine rings is 1. The molecule has 1 saturated heterocycles. The van der Waals surface area contributed by atoms with Gasteiger partial charge in [-0.15, -0.1) is 0 Å². The number of thiophene rings is 1. The summed E-state index contributed by atoms with van der Waals surface area (Å²) >= 11 is 1.74. The minimum Gasteiger partial charge on any atom is -0.456 e. The van der Waals surface area contributed by atoms with E-state index in [1.165, 1.54) is 5.56 Å². The molecule has 0 aliphatic carbocycles. The van der Waals surface area contributed by atoms with E-state index in [-0.39, 0.29) is 5.91 Å². The topological polar surface area (TPSA) is 51.3 Å². The van der Waals surface area contributed by atoms with Crippen LogP contribution in [0, 0.1) is 13.8 Å². The van der Waals surface area contributed by atoms with Gasteiger partial charge in [-0.05, 0) is 67.1 Å². The summed E-state index contributed by atoms with van der Waals surface area (Å²) in [6, 6.07) is 4.03. The Morgan fingerprint density at radius 2 is 2.15 bits per heavy atom. The number of carbonyl (C=O) groups is 1. The molecule has 1 fully saturated rings. The van der Waals surface area contributed by atoms with Gasteiger partial charge in [-0.2, -0.15) is 11.3 Å². The van der Waals surface area contributed by atoms with Crippen LogP contribution < -0.4 is 0 Å². The maximum Gasteiger partial charge on any atom is 0.289 e. The van der Waals surface area contributed by atoms with Gasteiger partial charge in [0.1, 0.15) is 11.6 Å². The number of aromatic nitrogens is 2. The van der Waals surface area contributed by atoms with E-state index in [0.29, 0.717) is 11.7 Å². The zero-order valence-electron chi connectivity index (χ0n) is 15.9. The Kier molecular flexibility index (Phi) is 5.16. The summed E-state index contributed by atoms with van der Waals surface area (Å²) in [4.78, 5) is 19.2. The second-order valence-corrected chi connectivity index (χ2v) is 8.06. The van der Waals surface area contributed by atoms with Gasteiger partial charge < -0.3 is 13.9 Å². The van der Waals surface area contributed by atoms with Crippen LogP contribution in [0.15, 0.2) is 39.7 Å². The molecule has 0 N–H and O–H groups in total. The molecular weight excluding hydrogens is 358 g/mol. The van der Waals surface area contributed by atoms with Crippen molar-refractivity contribution in [1.82, 2.24) is 14.5 Å². The van der Waals surface area contributed by atoms with Gasteiger partial charge in [-0.3, -0.25) is 4.79 Å². The number of hydrogen-bond acceptors (Lipinski definition) is 4. The van der Waals surface area contributed by atoms with Crippen LogP contribution in [0.5, 0.6) is 0 Å². The van der Waals surface area contributed by atoms with Crippen LogP contribution in [-0.2, 0) is 13.0 Å². The molecule has 0 bridgehead atoms. The van der Waals surface area contributed by atoms with Crippen LogP contribution in [-0.4, -0.2) is 33.4 Å². The van der Waals surface area contributed by atoms with E-state index < -0.39 is 0 Å². The normalized spacial score (nSPS) is 15.4. The van der Waals surface area contributed by atoms with Crippen molar-refractivity contribution < 1.29 is 9.21 Å². The molecule has 1 amide bonds. The molecule has 0 atom stereocenters. The fraction of sp³-hybridized carbons (Fsp3) is 0.429.